The predicted octanol–water partition coefficient (Wildman–Crippen LogP) is -0.606. The van der Waals surface area contributed by atoms with Crippen molar-refractivity contribution in [3.8, 4) is 17.2 Å². The molecule has 1 aliphatic rings. The Hall–Kier alpha value is -2.46. The Bertz CT molecular complexity index is 639. The SMILES string of the molecule is [B]C1OC(CO)C(OC(=O)COC(=O)c2cc(O)c(O)c(O)c2)C1C. The lowest BCUT2D eigenvalue weighted by molar-refractivity contribution is -0.157. The van der Waals surface area contributed by atoms with Gasteiger partial charge in [0.25, 0.3) is 0 Å². The number of phenolic OH excluding ortho intramolecular Hbond substituents is 3. The molecule has 0 bridgehead atoms. The van der Waals surface area contributed by atoms with Crippen molar-refractivity contribution in [2.75, 3.05) is 13.2 Å². The maximum absolute atomic E-state index is 11.8. The molecule has 1 aromatic carbocycles. The molecule has 0 amide bonds. The summed E-state index contributed by atoms with van der Waals surface area (Å²) in [7, 11) is 5.67. The van der Waals surface area contributed by atoms with Crippen LogP contribution in [-0.4, -0.2) is 71.6 Å². The molecule has 1 heterocycles. The van der Waals surface area contributed by atoms with Crippen LogP contribution < -0.4 is 0 Å². The molecule has 0 saturated carbocycles. The van der Waals surface area contributed by atoms with Gasteiger partial charge < -0.3 is 34.6 Å². The molecule has 2 radical (unpaired) electrons. The number of esters is 2. The fourth-order valence-electron chi connectivity index (χ4n) is 2.37. The standard InChI is InChI=1S/C15H17BO9/c1-6-13(10(4-17)24-14(6)16)25-11(20)5-23-15(22)7-2-8(18)12(21)9(19)3-7/h2-3,6,10,13-14,17-19,21H,4-5H2,1H3. The van der Waals surface area contributed by atoms with Crippen molar-refractivity contribution in [1.82, 2.24) is 0 Å². The second kappa shape index (κ2) is 7.62. The van der Waals surface area contributed by atoms with Gasteiger partial charge in [-0.25, -0.2) is 9.59 Å². The minimum Gasteiger partial charge on any atom is -0.504 e. The topological polar surface area (TPSA) is 143 Å². The molecule has 1 aromatic rings. The first-order valence-electron chi connectivity index (χ1n) is 7.38. The predicted molar refractivity (Wildman–Crippen MR) is 82.3 cm³/mol. The molecule has 0 aliphatic carbocycles. The minimum atomic E-state index is -1.02. The second-order valence-electron chi connectivity index (χ2n) is 5.57. The van der Waals surface area contributed by atoms with E-state index in [0.717, 1.165) is 12.1 Å². The number of benzene rings is 1. The Morgan fingerprint density at radius 1 is 1.24 bits per heavy atom. The molecular weight excluding hydrogens is 335 g/mol. The molecular formula is C15H17BO9. The second-order valence-corrected chi connectivity index (χ2v) is 5.57. The third kappa shape index (κ3) is 4.15. The smallest absolute Gasteiger partial charge is 0.344 e. The first-order valence-corrected chi connectivity index (χ1v) is 7.38. The number of hydrogen-bond acceptors (Lipinski definition) is 9. The van der Waals surface area contributed by atoms with Crippen LogP contribution in [0, 0.1) is 5.92 Å². The average Bonchev–Trinajstić information content (AvgIpc) is 2.84. The number of phenols is 3. The lowest BCUT2D eigenvalue weighted by Gasteiger charge is -2.20. The molecule has 134 valence electrons. The summed E-state index contributed by atoms with van der Waals surface area (Å²) in [6, 6.07) is 1.05. The number of aromatic hydroxyl groups is 3. The number of aliphatic hydroxyl groups excluding tert-OH is 1. The van der Waals surface area contributed by atoms with Crippen LogP contribution in [0.15, 0.2) is 12.1 Å². The van der Waals surface area contributed by atoms with Gasteiger partial charge in [-0.05, 0) is 12.1 Å². The summed E-state index contributed by atoms with van der Waals surface area (Å²) < 4.78 is 15.1. The van der Waals surface area contributed by atoms with Crippen molar-refractivity contribution >= 4 is 19.8 Å². The van der Waals surface area contributed by atoms with Gasteiger partial charge in [0.1, 0.15) is 20.1 Å². The maximum atomic E-state index is 11.8. The van der Waals surface area contributed by atoms with Gasteiger partial charge in [0.05, 0.1) is 12.2 Å². The van der Waals surface area contributed by atoms with Gasteiger partial charge in [-0.2, -0.15) is 0 Å². The van der Waals surface area contributed by atoms with E-state index in [1.807, 2.05) is 0 Å². The molecule has 9 nitrogen and oxygen atoms in total. The van der Waals surface area contributed by atoms with Crippen LogP contribution in [0.4, 0.5) is 0 Å². The van der Waals surface area contributed by atoms with E-state index < -0.39 is 54.0 Å². The van der Waals surface area contributed by atoms with Crippen LogP contribution in [0.3, 0.4) is 0 Å². The van der Waals surface area contributed by atoms with Crippen molar-refractivity contribution in [2.45, 2.75) is 25.1 Å². The summed E-state index contributed by atoms with van der Waals surface area (Å²) in [5.41, 5.74) is -0.270. The highest BCUT2D eigenvalue weighted by atomic mass is 16.6. The zero-order chi connectivity index (χ0) is 18.7. The number of hydrogen-bond donors (Lipinski definition) is 4. The van der Waals surface area contributed by atoms with Gasteiger partial charge >= 0.3 is 11.9 Å². The highest BCUT2D eigenvalue weighted by Gasteiger charge is 2.41. The molecule has 0 spiro atoms. The zero-order valence-electron chi connectivity index (χ0n) is 13.3. The number of ether oxygens (including phenoxy) is 3. The van der Waals surface area contributed by atoms with Crippen LogP contribution in [0.25, 0.3) is 0 Å². The summed E-state index contributed by atoms with van der Waals surface area (Å²) in [4.78, 5) is 23.6. The number of carbonyl (C=O) groups is 2. The van der Waals surface area contributed by atoms with E-state index in [1.54, 1.807) is 6.92 Å². The molecule has 1 aliphatic heterocycles. The number of aliphatic hydroxyl groups is 1. The van der Waals surface area contributed by atoms with Crippen molar-refractivity contribution < 1.29 is 44.2 Å². The Morgan fingerprint density at radius 2 is 1.84 bits per heavy atom. The maximum Gasteiger partial charge on any atom is 0.344 e. The van der Waals surface area contributed by atoms with Gasteiger partial charge in [0.15, 0.2) is 23.9 Å². The normalized spacial score (nSPS) is 25.5. The average molecular weight is 352 g/mol. The highest BCUT2D eigenvalue weighted by Crippen LogP contribution is 2.35. The van der Waals surface area contributed by atoms with Gasteiger partial charge in [-0.1, -0.05) is 6.92 Å². The Morgan fingerprint density at radius 3 is 2.40 bits per heavy atom. The Balaban J connectivity index is 1.92. The molecule has 1 fully saturated rings. The molecule has 10 heteroatoms. The first kappa shape index (κ1) is 18.9. The van der Waals surface area contributed by atoms with E-state index in [0.29, 0.717) is 0 Å². The zero-order valence-corrected chi connectivity index (χ0v) is 13.3. The fraction of sp³-hybridized carbons (Fsp3) is 0.467. The minimum absolute atomic E-state index is 0.270. The van der Waals surface area contributed by atoms with Crippen molar-refractivity contribution in [3.63, 3.8) is 0 Å². The molecule has 4 unspecified atom stereocenters. The van der Waals surface area contributed by atoms with Crippen LogP contribution in [0.5, 0.6) is 17.2 Å². The Kier molecular flexibility index (Phi) is 5.75. The molecule has 4 atom stereocenters. The molecule has 25 heavy (non-hydrogen) atoms. The summed E-state index contributed by atoms with van der Waals surface area (Å²) in [5.74, 6) is -4.47. The van der Waals surface area contributed by atoms with Crippen molar-refractivity contribution in [1.29, 1.82) is 0 Å². The van der Waals surface area contributed by atoms with Crippen LogP contribution in [0.2, 0.25) is 0 Å². The molecule has 2 rings (SSSR count). The highest BCUT2D eigenvalue weighted by molar-refractivity contribution is 6.11. The summed E-state index contributed by atoms with van der Waals surface area (Å²) in [5, 5.41) is 37.1. The van der Waals surface area contributed by atoms with E-state index in [4.69, 9.17) is 22.1 Å². The van der Waals surface area contributed by atoms with E-state index in [1.165, 1.54) is 0 Å². The quantitative estimate of drug-likeness (QED) is 0.310. The summed E-state index contributed by atoms with van der Waals surface area (Å²) in [6.45, 7) is 0.561. The Labute approximate surface area is 144 Å². The lowest BCUT2D eigenvalue weighted by atomic mass is 9.86. The number of carbonyl (C=O) groups excluding carboxylic acids is 2. The largest absolute Gasteiger partial charge is 0.504 e. The third-order valence-electron chi connectivity index (χ3n) is 3.81. The molecule has 1 saturated heterocycles. The monoisotopic (exact) mass is 352 g/mol. The molecule has 0 aromatic heterocycles. The third-order valence-corrected chi connectivity index (χ3v) is 3.81. The van der Waals surface area contributed by atoms with E-state index >= 15 is 0 Å². The molecule has 4 N–H and O–H groups in total. The van der Waals surface area contributed by atoms with Crippen LogP contribution in [0.1, 0.15) is 17.3 Å². The van der Waals surface area contributed by atoms with Crippen molar-refractivity contribution in [3.05, 3.63) is 17.7 Å². The van der Waals surface area contributed by atoms with Crippen LogP contribution in [-0.2, 0) is 19.0 Å². The van der Waals surface area contributed by atoms with Gasteiger partial charge in [-0.15, -0.1) is 0 Å². The van der Waals surface area contributed by atoms with E-state index in [9.17, 15) is 30.0 Å². The van der Waals surface area contributed by atoms with Gasteiger partial charge in [0, 0.05) is 11.9 Å². The van der Waals surface area contributed by atoms with Gasteiger partial charge in [-0.3, -0.25) is 0 Å². The van der Waals surface area contributed by atoms with E-state index in [2.05, 4.69) is 0 Å². The van der Waals surface area contributed by atoms with E-state index in [-0.39, 0.29) is 18.1 Å². The fourth-order valence-corrected chi connectivity index (χ4v) is 2.37. The first-order chi connectivity index (χ1) is 11.7. The lowest BCUT2D eigenvalue weighted by Crippen LogP contribution is -2.35. The van der Waals surface area contributed by atoms with Crippen molar-refractivity contribution in [2.24, 2.45) is 5.92 Å². The number of rotatable bonds is 5. The summed E-state index contributed by atoms with van der Waals surface area (Å²) >= 11 is 0. The summed E-state index contributed by atoms with van der Waals surface area (Å²) in [6.07, 6.45) is -1.55. The van der Waals surface area contributed by atoms with Crippen LogP contribution >= 0.6 is 0 Å². The van der Waals surface area contributed by atoms with Gasteiger partial charge in [0.2, 0.25) is 0 Å².